The lowest BCUT2D eigenvalue weighted by atomic mass is 9.95. The van der Waals surface area contributed by atoms with Crippen molar-refractivity contribution in [3.05, 3.63) is 66.7 Å². The number of nitrogen functional groups attached to an aromatic ring is 1. The number of nitriles is 1. The van der Waals surface area contributed by atoms with E-state index in [1.807, 2.05) is 36.4 Å². The minimum absolute atomic E-state index is 0.187. The van der Waals surface area contributed by atoms with Gasteiger partial charge in [0.15, 0.2) is 5.76 Å². The van der Waals surface area contributed by atoms with Crippen molar-refractivity contribution in [2.45, 2.75) is 0 Å². The zero-order chi connectivity index (χ0) is 16.5. The SMILES string of the molecule is N#Cc1c(-c2cccc3cnccc23)cc(-c2ccco2)nc1N. The molecule has 0 spiro atoms. The largest absolute Gasteiger partial charge is 0.463 e. The van der Waals surface area contributed by atoms with Gasteiger partial charge in [-0.15, -0.1) is 0 Å². The number of aromatic nitrogens is 2. The number of benzene rings is 1. The molecule has 1 aromatic carbocycles. The Kier molecular flexibility index (Phi) is 3.22. The van der Waals surface area contributed by atoms with Crippen LogP contribution in [-0.2, 0) is 0 Å². The first-order valence-corrected chi connectivity index (χ1v) is 7.35. The van der Waals surface area contributed by atoms with E-state index in [4.69, 9.17) is 10.2 Å². The van der Waals surface area contributed by atoms with E-state index in [1.165, 1.54) is 0 Å². The standard InChI is InChI=1S/C19H12N4O/c20-10-16-15(9-17(23-19(16)21)18-5-2-8-24-18)14-4-1-3-12-11-22-7-6-13(12)14/h1-9,11H,(H2,21,23). The fraction of sp³-hybridized carbons (Fsp3) is 0. The molecule has 0 aliphatic rings. The van der Waals surface area contributed by atoms with Gasteiger partial charge in [-0.05, 0) is 35.2 Å². The highest BCUT2D eigenvalue weighted by Crippen LogP contribution is 2.35. The van der Waals surface area contributed by atoms with Crippen molar-refractivity contribution in [3.8, 4) is 28.7 Å². The van der Waals surface area contributed by atoms with Gasteiger partial charge < -0.3 is 10.2 Å². The molecule has 5 heteroatoms. The third-order valence-electron chi connectivity index (χ3n) is 3.90. The highest BCUT2D eigenvalue weighted by atomic mass is 16.3. The average Bonchev–Trinajstić information content (AvgIpc) is 3.15. The van der Waals surface area contributed by atoms with Gasteiger partial charge in [0, 0.05) is 23.3 Å². The summed E-state index contributed by atoms with van der Waals surface area (Å²) in [5.74, 6) is 0.793. The van der Waals surface area contributed by atoms with E-state index in [-0.39, 0.29) is 5.82 Å². The normalized spacial score (nSPS) is 10.6. The summed E-state index contributed by atoms with van der Waals surface area (Å²) in [5.41, 5.74) is 8.62. The van der Waals surface area contributed by atoms with E-state index in [9.17, 15) is 5.26 Å². The Balaban J connectivity index is 2.05. The Morgan fingerprint density at radius 3 is 2.79 bits per heavy atom. The average molecular weight is 312 g/mol. The van der Waals surface area contributed by atoms with Crippen LogP contribution >= 0.6 is 0 Å². The van der Waals surface area contributed by atoms with Crippen LogP contribution in [0.15, 0.2) is 65.5 Å². The van der Waals surface area contributed by atoms with Crippen LogP contribution in [0.1, 0.15) is 5.56 Å². The topological polar surface area (TPSA) is 88.7 Å². The number of hydrogen-bond acceptors (Lipinski definition) is 5. The zero-order valence-electron chi connectivity index (χ0n) is 12.6. The van der Waals surface area contributed by atoms with E-state index in [1.54, 1.807) is 24.7 Å². The second-order valence-electron chi connectivity index (χ2n) is 5.31. The van der Waals surface area contributed by atoms with Gasteiger partial charge >= 0.3 is 0 Å². The van der Waals surface area contributed by atoms with Gasteiger partial charge in [0.25, 0.3) is 0 Å². The molecule has 0 bridgehead atoms. The van der Waals surface area contributed by atoms with Crippen molar-refractivity contribution in [3.63, 3.8) is 0 Å². The van der Waals surface area contributed by atoms with Gasteiger partial charge in [-0.25, -0.2) is 4.98 Å². The fourth-order valence-corrected chi connectivity index (χ4v) is 2.80. The maximum atomic E-state index is 9.55. The molecule has 3 aromatic heterocycles. The maximum absolute atomic E-state index is 9.55. The molecular weight excluding hydrogens is 300 g/mol. The summed E-state index contributed by atoms with van der Waals surface area (Å²) in [6.45, 7) is 0. The molecule has 0 unspecified atom stereocenters. The molecule has 3 heterocycles. The molecule has 5 nitrogen and oxygen atoms in total. The third-order valence-corrected chi connectivity index (χ3v) is 3.90. The number of rotatable bonds is 2. The van der Waals surface area contributed by atoms with Crippen LogP contribution in [0.5, 0.6) is 0 Å². The molecule has 114 valence electrons. The van der Waals surface area contributed by atoms with Crippen molar-refractivity contribution < 1.29 is 4.42 Å². The van der Waals surface area contributed by atoms with E-state index in [0.29, 0.717) is 17.0 Å². The van der Waals surface area contributed by atoms with Crippen molar-refractivity contribution >= 4 is 16.6 Å². The lowest BCUT2D eigenvalue weighted by Gasteiger charge is -2.11. The Bertz CT molecular complexity index is 1070. The third kappa shape index (κ3) is 2.18. The molecular formula is C19H12N4O. The molecule has 0 amide bonds. The van der Waals surface area contributed by atoms with E-state index in [2.05, 4.69) is 16.0 Å². The molecule has 0 fully saturated rings. The molecule has 24 heavy (non-hydrogen) atoms. The van der Waals surface area contributed by atoms with E-state index in [0.717, 1.165) is 21.9 Å². The minimum atomic E-state index is 0.187. The molecule has 0 radical (unpaired) electrons. The number of hydrogen-bond donors (Lipinski definition) is 1. The number of anilines is 1. The first-order valence-electron chi connectivity index (χ1n) is 7.35. The van der Waals surface area contributed by atoms with Crippen LogP contribution < -0.4 is 5.73 Å². The Morgan fingerprint density at radius 2 is 2.00 bits per heavy atom. The van der Waals surface area contributed by atoms with Crippen molar-refractivity contribution in [2.75, 3.05) is 5.73 Å². The number of furan rings is 1. The second kappa shape index (κ2) is 5.52. The summed E-state index contributed by atoms with van der Waals surface area (Å²) in [6, 6.07) is 15.4. The lowest BCUT2D eigenvalue weighted by Crippen LogP contribution is -1.99. The fourth-order valence-electron chi connectivity index (χ4n) is 2.80. The first kappa shape index (κ1) is 14.0. The molecule has 4 rings (SSSR count). The first-order chi connectivity index (χ1) is 11.8. The molecule has 0 saturated carbocycles. The summed E-state index contributed by atoms with van der Waals surface area (Å²) in [4.78, 5) is 8.45. The van der Waals surface area contributed by atoms with Crippen LogP contribution in [0, 0.1) is 11.3 Å². The number of pyridine rings is 2. The predicted molar refractivity (Wildman–Crippen MR) is 91.8 cm³/mol. The quantitative estimate of drug-likeness (QED) is 0.604. The molecule has 2 N–H and O–H groups in total. The number of nitrogens with two attached hydrogens (primary N) is 1. The Hall–Kier alpha value is -3.65. The van der Waals surface area contributed by atoms with Crippen LogP contribution in [-0.4, -0.2) is 9.97 Å². The zero-order valence-corrected chi connectivity index (χ0v) is 12.6. The predicted octanol–water partition coefficient (Wildman–Crippen LogP) is 4.01. The van der Waals surface area contributed by atoms with Gasteiger partial charge in [-0.1, -0.05) is 18.2 Å². The molecule has 0 aliphatic carbocycles. The maximum Gasteiger partial charge on any atom is 0.152 e. The van der Waals surface area contributed by atoms with Crippen molar-refractivity contribution in [1.82, 2.24) is 9.97 Å². The molecule has 0 saturated heterocycles. The monoisotopic (exact) mass is 312 g/mol. The van der Waals surface area contributed by atoms with Gasteiger partial charge in [0.2, 0.25) is 0 Å². The highest BCUT2D eigenvalue weighted by Gasteiger charge is 2.16. The Labute approximate surface area is 138 Å². The van der Waals surface area contributed by atoms with Crippen LogP contribution in [0.4, 0.5) is 5.82 Å². The van der Waals surface area contributed by atoms with Crippen molar-refractivity contribution in [1.29, 1.82) is 5.26 Å². The van der Waals surface area contributed by atoms with Gasteiger partial charge in [0.1, 0.15) is 23.1 Å². The van der Waals surface area contributed by atoms with E-state index >= 15 is 0 Å². The molecule has 4 aromatic rings. The lowest BCUT2D eigenvalue weighted by molar-refractivity contribution is 0.580. The summed E-state index contributed by atoms with van der Waals surface area (Å²) >= 11 is 0. The smallest absolute Gasteiger partial charge is 0.152 e. The van der Waals surface area contributed by atoms with Crippen LogP contribution in [0.3, 0.4) is 0 Å². The molecule has 0 atom stereocenters. The van der Waals surface area contributed by atoms with Gasteiger partial charge in [-0.2, -0.15) is 5.26 Å². The number of fused-ring (bicyclic) bond motifs is 1. The van der Waals surface area contributed by atoms with Crippen molar-refractivity contribution in [2.24, 2.45) is 0 Å². The van der Waals surface area contributed by atoms with E-state index < -0.39 is 0 Å². The second-order valence-corrected chi connectivity index (χ2v) is 5.31. The van der Waals surface area contributed by atoms with Crippen LogP contribution in [0.25, 0.3) is 33.4 Å². The number of nitrogens with zero attached hydrogens (tertiary/aromatic N) is 3. The molecule has 0 aliphatic heterocycles. The van der Waals surface area contributed by atoms with Gasteiger partial charge in [-0.3, -0.25) is 4.98 Å². The summed E-state index contributed by atoms with van der Waals surface area (Å²) < 4.78 is 5.42. The minimum Gasteiger partial charge on any atom is -0.463 e. The Morgan fingerprint density at radius 1 is 1.08 bits per heavy atom. The van der Waals surface area contributed by atoms with Crippen LogP contribution in [0.2, 0.25) is 0 Å². The summed E-state index contributed by atoms with van der Waals surface area (Å²) in [6.07, 6.45) is 5.10. The summed E-state index contributed by atoms with van der Waals surface area (Å²) in [7, 11) is 0. The highest BCUT2D eigenvalue weighted by molar-refractivity contribution is 5.98. The summed E-state index contributed by atoms with van der Waals surface area (Å²) in [5, 5.41) is 11.5. The van der Waals surface area contributed by atoms with Gasteiger partial charge in [0.05, 0.1) is 6.26 Å².